The highest BCUT2D eigenvalue weighted by Crippen LogP contribution is 2.32. The maximum atomic E-state index is 3.80. The van der Waals surface area contributed by atoms with Gasteiger partial charge < -0.3 is 5.32 Å². The van der Waals surface area contributed by atoms with Gasteiger partial charge in [-0.1, -0.05) is 28.4 Å². The van der Waals surface area contributed by atoms with Crippen molar-refractivity contribution in [1.29, 1.82) is 0 Å². The molecule has 0 spiro atoms. The fourth-order valence-corrected chi connectivity index (χ4v) is 4.01. The first-order chi connectivity index (χ1) is 9.74. The molecule has 1 aliphatic carbocycles. The van der Waals surface area contributed by atoms with Crippen LogP contribution in [-0.4, -0.2) is 30.6 Å². The largest absolute Gasteiger partial charge is 0.308 e. The maximum Gasteiger partial charge on any atom is 0.0326 e. The lowest BCUT2D eigenvalue weighted by atomic mass is 10.1. The normalized spacial score (nSPS) is 24.6. The minimum absolute atomic E-state index is 0.561. The molecule has 20 heavy (non-hydrogen) atoms. The second-order valence-electron chi connectivity index (χ2n) is 6.29. The Bertz CT molecular complexity index is 454. The number of halogens is 1. The Labute approximate surface area is 131 Å². The summed E-state index contributed by atoms with van der Waals surface area (Å²) >= 11 is 3.57. The van der Waals surface area contributed by atoms with E-state index in [1.54, 1.807) is 0 Å². The Kier molecular flexibility index (Phi) is 4.79. The number of hydrogen-bond acceptors (Lipinski definition) is 2. The number of piperidine rings is 1. The lowest BCUT2D eigenvalue weighted by Gasteiger charge is -2.33. The van der Waals surface area contributed by atoms with Gasteiger partial charge in [-0.25, -0.2) is 0 Å². The van der Waals surface area contributed by atoms with E-state index in [0.717, 1.165) is 6.54 Å². The van der Waals surface area contributed by atoms with E-state index < -0.39 is 0 Å². The maximum absolute atomic E-state index is 3.80. The summed E-state index contributed by atoms with van der Waals surface area (Å²) in [6.45, 7) is 6.06. The van der Waals surface area contributed by atoms with Crippen molar-refractivity contribution in [2.24, 2.45) is 0 Å². The summed E-state index contributed by atoms with van der Waals surface area (Å²) in [7, 11) is 0. The summed E-state index contributed by atoms with van der Waals surface area (Å²) in [5.41, 5.74) is 3.03. The lowest BCUT2D eigenvalue weighted by Crippen LogP contribution is -2.43. The molecule has 1 saturated heterocycles. The van der Waals surface area contributed by atoms with Crippen molar-refractivity contribution in [3.8, 4) is 0 Å². The minimum atomic E-state index is 0.561. The summed E-state index contributed by atoms with van der Waals surface area (Å²) in [4.78, 5) is 2.65. The molecule has 2 unspecified atom stereocenters. The van der Waals surface area contributed by atoms with Crippen molar-refractivity contribution in [2.45, 2.75) is 51.1 Å². The molecule has 1 heterocycles. The van der Waals surface area contributed by atoms with Gasteiger partial charge in [0.25, 0.3) is 0 Å². The van der Waals surface area contributed by atoms with Crippen molar-refractivity contribution in [1.82, 2.24) is 10.2 Å². The van der Waals surface area contributed by atoms with Crippen LogP contribution in [0.4, 0.5) is 0 Å². The first kappa shape index (κ1) is 14.6. The average Bonchev–Trinajstić information content (AvgIpc) is 2.88. The van der Waals surface area contributed by atoms with Crippen LogP contribution in [-0.2, 0) is 6.42 Å². The Balaban J connectivity index is 1.55. The Morgan fingerprint density at radius 1 is 1.30 bits per heavy atom. The molecule has 0 radical (unpaired) electrons. The fourth-order valence-electron chi connectivity index (χ4n) is 3.60. The number of fused-ring (bicyclic) bond motifs is 1. The summed E-state index contributed by atoms with van der Waals surface area (Å²) in [5, 5.41) is 3.80. The third-order valence-electron chi connectivity index (χ3n) is 4.86. The van der Waals surface area contributed by atoms with Crippen molar-refractivity contribution < 1.29 is 0 Å². The zero-order valence-electron chi connectivity index (χ0n) is 12.4. The molecular weight excluding hydrogens is 312 g/mol. The predicted octanol–water partition coefficient (Wildman–Crippen LogP) is 3.90. The van der Waals surface area contributed by atoms with Gasteiger partial charge >= 0.3 is 0 Å². The number of hydrogen-bond donors (Lipinski definition) is 1. The van der Waals surface area contributed by atoms with E-state index in [1.165, 1.54) is 60.8 Å². The smallest absolute Gasteiger partial charge is 0.0326 e. The van der Waals surface area contributed by atoms with Crippen LogP contribution in [0.5, 0.6) is 0 Å². The van der Waals surface area contributed by atoms with E-state index in [4.69, 9.17) is 0 Å². The molecule has 1 aliphatic heterocycles. The van der Waals surface area contributed by atoms with E-state index in [0.29, 0.717) is 12.1 Å². The molecule has 1 fully saturated rings. The van der Waals surface area contributed by atoms with E-state index >= 15 is 0 Å². The van der Waals surface area contributed by atoms with Crippen LogP contribution in [0.2, 0.25) is 0 Å². The number of nitrogens with one attached hydrogen (secondary N) is 1. The number of aryl methyl sites for hydroxylation is 1. The second-order valence-corrected chi connectivity index (χ2v) is 7.20. The van der Waals surface area contributed by atoms with Gasteiger partial charge in [0.1, 0.15) is 0 Å². The molecule has 0 amide bonds. The average molecular weight is 337 g/mol. The van der Waals surface area contributed by atoms with Gasteiger partial charge in [0.05, 0.1) is 0 Å². The van der Waals surface area contributed by atoms with E-state index in [-0.39, 0.29) is 0 Å². The highest BCUT2D eigenvalue weighted by molar-refractivity contribution is 9.10. The first-order valence-corrected chi connectivity index (χ1v) is 8.79. The molecule has 1 N–H and O–H groups in total. The molecule has 3 rings (SSSR count). The van der Waals surface area contributed by atoms with E-state index in [1.807, 2.05) is 0 Å². The molecule has 110 valence electrons. The summed E-state index contributed by atoms with van der Waals surface area (Å²) in [5.74, 6) is 0. The van der Waals surface area contributed by atoms with Gasteiger partial charge in [-0.3, -0.25) is 4.90 Å². The van der Waals surface area contributed by atoms with E-state index in [9.17, 15) is 0 Å². The third kappa shape index (κ3) is 3.26. The van der Waals surface area contributed by atoms with Crippen LogP contribution in [0.15, 0.2) is 22.7 Å². The lowest BCUT2D eigenvalue weighted by molar-refractivity contribution is 0.168. The second kappa shape index (κ2) is 6.59. The Morgan fingerprint density at radius 3 is 2.90 bits per heavy atom. The number of benzene rings is 1. The van der Waals surface area contributed by atoms with Crippen LogP contribution >= 0.6 is 15.9 Å². The molecule has 0 aromatic heterocycles. The zero-order valence-corrected chi connectivity index (χ0v) is 14.0. The Hall–Kier alpha value is -0.380. The molecule has 2 atom stereocenters. The summed E-state index contributed by atoms with van der Waals surface area (Å²) < 4.78 is 1.21. The topological polar surface area (TPSA) is 15.3 Å². The fraction of sp³-hybridized carbons (Fsp3) is 0.647. The molecule has 2 nitrogen and oxygen atoms in total. The standard InChI is InChI=1S/C17H25BrN2/c1-13(20-9-3-2-4-10-20)12-19-17-8-5-14-11-15(18)6-7-16(14)17/h6-7,11,13,17,19H,2-5,8-10,12H2,1H3. The highest BCUT2D eigenvalue weighted by Gasteiger charge is 2.23. The molecule has 1 aromatic rings. The molecule has 0 bridgehead atoms. The van der Waals surface area contributed by atoms with Gasteiger partial charge in [-0.2, -0.15) is 0 Å². The van der Waals surface area contributed by atoms with Gasteiger partial charge in [0.2, 0.25) is 0 Å². The van der Waals surface area contributed by atoms with Crippen molar-refractivity contribution in [2.75, 3.05) is 19.6 Å². The molecular formula is C17H25BrN2. The zero-order chi connectivity index (χ0) is 13.9. The quantitative estimate of drug-likeness (QED) is 0.896. The number of rotatable bonds is 4. The van der Waals surface area contributed by atoms with Gasteiger partial charge in [-0.15, -0.1) is 0 Å². The van der Waals surface area contributed by atoms with Gasteiger partial charge in [0.15, 0.2) is 0 Å². The van der Waals surface area contributed by atoms with Crippen molar-refractivity contribution >= 4 is 15.9 Å². The Morgan fingerprint density at radius 2 is 2.10 bits per heavy atom. The van der Waals surface area contributed by atoms with Crippen molar-refractivity contribution in [3.05, 3.63) is 33.8 Å². The van der Waals surface area contributed by atoms with Crippen LogP contribution in [0.3, 0.4) is 0 Å². The molecule has 1 aromatic carbocycles. The van der Waals surface area contributed by atoms with Crippen LogP contribution < -0.4 is 5.32 Å². The summed E-state index contributed by atoms with van der Waals surface area (Å²) in [6.07, 6.45) is 6.64. The molecule has 0 saturated carbocycles. The van der Waals surface area contributed by atoms with Crippen LogP contribution in [0.1, 0.15) is 49.8 Å². The molecule has 2 aliphatic rings. The van der Waals surface area contributed by atoms with Crippen molar-refractivity contribution in [3.63, 3.8) is 0 Å². The predicted molar refractivity (Wildman–Crippen MR) is 88.1 cm³/mol. The first-order valence-electron chi connectivity index (χ1n) is 8.00. The SMILES string of the molecule is CC(CNC1CCc2cc(Br)ccc21)N1CCCCC1. The van der Waals surface area contributed by atoms with Gasteiger partial charge in [0, 0.05) is 23.1 Å². The van der Waals surface area contributed by atoms with Crippen LogP contribution in [0, 0.1) is 0 Å². The highest BCUT2D eigenvalue weighted by atomic mass is 79.9. The summed E-state index contributed by atoms with van der Waals surface area (Å²) in [6, 6.07) is 7.97. The van der Waals surface area contributed by atoms with Gasteiger partial charge in [-0.05, 0) is 69.0 Å². The molecule has 3 heteroatoms. The third-order valence-corrected chi connectivity index (χ3v) is 5.35. The van der Waals surface area contributed by atoms with E-state index in [2.05, 4.69) is 51.3 Å². The minimum Gasteiger partial charge on any atom is -0.308 e. The van der Waals surface area contributed by atoms with Crippen LogP contribution in [0.25, 0.3) is 0 Å². The monoisotopic (exact) mass is 336 g/mol. The number of likely N-dealkylation sites (tertiary alicyclic amines) is 1. The number of nitrogens with zero attached hydrogens (tertiary/aromatic N) is 1.